The maximum Gasteiger partial charge on any atom is 0.193 e. The Morgan fingerprint density at radius 1 is 1.15 bits per heavy atom. The predicted molar refractivity (Wildman–Crippen MR) is 84.5 cm³/mol. The lowest BCUT2D eigenvalue weighted by Crippen LogP contribution is -2.06. The Hall–Kier alpha value is -1.81. The summed E-state index contributed by atoms with van der Waals surface area (Å²) in [6.45, 7) is 3.85. The third-order valence-corrected chi connectivity index (χ3v) is 3.89. The second kappa shape index (κ2) is 5.67. The van der Waals surface area contributed by atoms with Crippen LogP contribution in [0, 0.1) is 13.8 Å². The van der Waals surface area contributed by atoms with Gasteiger partial charge in [-0.15, -0.1) is 0 Å². The van der Waals surface area contributed by atoms with Gasteiger partial charge in [-0.2, -0.15) is 0 Å². The summed E-state index contributed by atoms with van der Waals surface area (Å²) in [4.78, 5) is 12.6. The van der Waals surface area contributed by atoms with Gasteiger partial charge in [0, 0.05) is 16.8 Å². The van der Waals surface area contributed by atoms with E-state index in [1.165, 1.54) is 0 Å². The van der Waals surface area contributed by atoms with Gasteiger partial charge in [-0.3, -0.25) is 4.79 Å². The van der Waals surface area contributed by atoms with Gasteiger partial charge < -0.3 is 10.5 Å². The highest BCUT2D eigenvalue weighted by Gasteiger charge is 2.14. The first kappa shape index (κ1) is 14.6. The highest BCUT2D eigenvalue weighted by Crippen LogP contribution is 2.28. The molecular weight excluding hydrogens is 318 g/mol. The van der Waals surface area contributed by atoms with Crippen LogP contribution >= 0.6 is 15.9 Å². The Morgan fingerprint density at radius 2 is 1.85 bits per heavy atom. The highest BCUT2D eigenvalue weighted by molar-refractivity contribution is 9.10. The number of nitrogens with two attached hydrogens (primary N) is 1. The second-order valence-corrected chi connectivity index (χ2v) is 5.56. The van der Waals surface area contributed by atoms with Crippen molar-refractivity contribution in [1.82, 2.24) is 0 Å². The second-order valence-electron chi connectivity index (χ2n) is 4.70. The molecule has 0 saturated heterocycles. The van der Waals surface area contributed by atoms with E-state index >= 15 is 0 Å². The fourth-order valence-corrected chi connectivity index (χ4v) is 2.62. The number of carbonyl (C=O) groups is 1. The van der Waals surface area contributed by atoms with Crippen molar-refractivity contribution < 1.29 is 9.53 Å². The summed E-state index contributed by atoms with van der Waals surface area (Å²) in [5.74, 6) is 0.652. The Balaban J connectivity index is 2.46. The van der Waals surface area contributed by atoms with E-state index in [2.05, 4.69) is 15.9 Å². The molecule has 0 spiro atoms. The lowest BCUT2D eigenvalue weighted by atomic mass is 9.96. The summed E-state index contributed by atoms with van der Waals surface area (Å²) >= 11 is 3.39. The molecule has 2 rings (SSSR count). The summed E-state index contributed by atoms with van der Waals surface area (Å²) in [5.41, 5.74) is 9.67. The maximum absolute atomic E-state index is 12.6. The topological polar surface area (TPSA) is 52.3 Å². The van der Waals surface area contributed by atoms with E-state index in [-0.39, 0.29) is 5.78 Å². The molecule has 0 bridgehead atoms. The van der Waals surface area contributed by atoms with Crippen molar-refractivity contribution in [3.63, 3.8) is 0 Å². The molecule has 0 amide bonds. The van der Waals surface area contributed by atoms with Crippen LogP contribution in [-0.4, -0.2) is 12.9 Å². The molecule has 3 nitrogen and oxygen atoms in total. The number of ketones is 1. The van der Waals surface area contributed by atoms with Crippen LogP contribution < -0.4 is 10.5 Å². The number of carbonyl (C=O) groups excluding carboxylic acids is 1. The van der Waals surface area contributed by atoms with E-state index in [4.69, 9.17) is 10.5 Å². The van der Waals surface area contributed by atoms with Crippen molar-refractivity contribution in [1.29, 1.82) is 0 Å². The highest BCUT2D eigenvalue weighted by atomic mass is 79.9. The van der Waals surface area contributed by atoms with E-state index in [0.29, 0.717) is 22.6 Å². The maximum atomic E-state index is 12.6. The molecule has 0 atom stereocenters. The van der Waals surface area contributed by atoms with Crippen LogP contribution in [-0.2, 0) is 0 Å². The minimum atomic E-state index is -0.0439. The van der Waals surface area contributed by atoms with Crippen molar-refractivity contribution in [3.05, 3.63) is 57.1 Å². The van der Waals surface area contributed by atoms with Crippen molar-refractivity contribution in [2.75, 3.05) is 12.8 Å². The molecule has 0 saturated carbocycles. The third kappa shape index (κ3) is 2.70. The fourth-order valence-electron chi connectivity index (χ4n) is 2.08. The number of aryl methyl sites for hydroxylation is 2. The van der Waals surface area contributed by atoms with E-state index in [1.807, 2.05) is 19.9 Å². The molecule has 0 aromatic heterocycles. The molecule has 2 aromatic rings. The summed E-state index contributed by atoms with van der Waals surface area (Å²) in [6.07, 6.45) is 0. The molecule has 2 N–H and O–H groups in total. The number of nitrogen functional groups attached to an aromatic ring is 1. The third-order valence-electron chi connectivity index (χ3n) is 3.27. The van der Waals surface area contributed by atoms with Crippen molar-refractivity contribution in [2.24, 2.45) is 0 Å². The Bertz CT molecular complexity index is 680. The number of hydrogen-bond donors (Lipinski definition) is 1. The zero-order valence-electron chi connectivity index (χ0n) is 11.7. The molecule has 0 aliphatic heterocycles. The molecular formula is C16H16BrNO2. The number of hydrogen-bond acceptors (Lipinski definition) is 3. The minimum Gasteiger partial charge on any atom is -0.496 e. The summed E-state index contributed by atoms with van der Waals surface area (Å²) in [7, 11) is 1.59. The van der Waals surface area contributed by atoms with Gasteiger partial charge >= 0.3 is 0 Å². The van der Waals surface area contributed by atoms with Crippen molar-refractivity contribution in [2.45, 2.75) is 13.8 Å². The number of benzene rings is 2. The lowest BCUT2D eigenvalue weighted by Gasteiger charge is -2.10. The first-order valence-electron chi connectivity index (χ1n) is 6.19. The van der Waals surface area contributed by atoms with E-state index in [1.54, 1.807) is 31.4 Å². The summed E-state index contributed by atoms with van der Waals surface area (Å²) in [5, 5.41) is 0. The fraction of sp³-hybridized carbons (Fsp3) is 0.188. The van der Waals surface area contributed by atoms with Gasteiger partial charge in [-0.05, 0) is 65.2 Å². The van der Waals surface area contributed by atoms with Crippen molar-refractivity contribution in [3.8, 4) is 5.75 Å². The van der Waals surface area contributed by atoms with Crippen LogP contribution in [0.3, 0.4) is 0 Å². The quantitative estimate of drug-likeness (QED) is 0.684. The van der Waals surface area contributed by atoms with Crippen LogP contribution in [0.25, 0.3) is 0 Å². The molecule has 20 heavy (non-hydrogen) atoms. The Kier molecular flexibility index (Phi) is 4.14. The van der Waals surface area contributed by atoms with Gasteiger partial charge in [0.15, 0.2) is 5.78 Å². The first-order chi connectivity index (χ1) is 9.43. The zero-order valence-corrected chi connectivity index (χ0v) is 13.2. The molecule has 0 aliphatic carbocycles. The number of ether oxygens (including phenoxy) is 1. The van der Waals surface area contributed by atoms with Crippen LogP contribution in [0.2, 0.25) is 0 Å². The molecule has 104 valence electrons. The minimum absolute atomic E-state index is 0.0439. The van der Waals surface area contributed by atoms with Gasteiger partial charge in [0.1, 0.15) is 5.75 Å². The van der Waals surface area contributed by atoms with Gasteiger partial charge in [-0.25, -0.2) is 0 Å². The summed E-state index contributed by atoms with van der Waals surface area (Å²) in [6, 6.07) is 8.95. The van der Waals surface area contributed by atoms with Crippen LogP contribution in [0.15, 0.2) is 34.8 Å². The van der Waals surface area contributed by atoms with Crippen LogP contribution in [0.1, 0.15) is 27.0 Å². The SMILES string of the molecule is COc1ccc(C(=O)c2cc(N)c(C)cc2C)cc1Br. The average Bonchev–Trinajstić information content (AvgIpc) is 2.42. The monoisotopic (exact) mass is 333 g/mol. The van der Waals surface area contributed by atoms with Crippen LogP contribution in [0.4, 0.5) is 5.69 Å². The molecule has 2 aromatic carbocycles. The van der Waals surface area contributed by atoms with E-state index in [0.717, 1.165) is 15.6 Å². The molecule has 4 heteroatoms. The van der Waals surface area contributed by atoms with Gasteiger partial charge in [0.05, 0.1) is 11.6 Å². The lowest BCUT2D eigenvalue weighted by molar-refractivity contribution is 0.103. The molecule has 0 radical (unpaired) electrons. The van der Waals surface area contributed by atoms with Gasteiger partial charge in [0.2, 0.25) is 0 Å². The molecule has 0 aliphatic rings. The van der Waals surface area contributed by atoms with E-state index < -0.39 is 0 Å². The molecule has 0 heterocycles. The molecule has 0 unspecified atom stereocenters. The number of rotatable bonds is 3. The number of methoxy groups -OCH3 is 1. The average molecular weight is 334 g/mol. The van der Waals surface area contributed by atoms with Crippen molar-refractivity contribution >= 4 is 27.4 Å². The molecule has 0 fully saturated rings. The Labute approximate surface area is 126 Å². The zero-order chi connectivity index (χ0) is 14.9. The van der Waals surface area contributed by atoms with Gasteiger partial charge in [0.25, 0.3) is 0 Å². The largest absolute Gasteiger partial charge is 0.496 e. The predicted octanol–water partition coefficient (Wildman–Crippen LogP) is 3.89. The van der Waals surface area contributed by atoms with Crippen LogP contribution in [0.5, 0.6) is 5.75 Å². The van der Waals surface area contributed by atoms with E-state index in [9.17, 15) is 4.79 Å². The number of halogens is 1. The normalized spacial score (nSPS) is 10.4. The standard InChI is InChI=1S/C16H16BrNO2/c1-9-6-10(2)14(18)8-12(9)16(19)11-4-5-15(20-3)13(17)7-11/h4-8H,18H2,1-3H3. The summed E-state index contributed by atoms with van der Waals surface area (Å²) < 4.78 is 5.92. The first-order valence-corrected chi connectivity index (χ1v) is 6.98. The smallest absolute Gasteiger partial charge is 0.193 e. The van der Waals surface area contributed by atoms with Gasteiger partial charge in [-0.1, -0.05) is 6.07 Å². The number of anilines is 1. The Morgan fingerprint density at radius 3 is 2.45 bits per heavy atom.